The zero-order chi connectivity index (χ0) is 11.2. The van der Waals surface area contributed by atoms with Crippen molar-refractivity contribution in [2.45, 2.75) is 0 Å². The minimum atomic E-state index is 0.597. The molecule has 0 aromatic carbocycles. The maximum Gasteiger partial charge on any atom is 0.146 e. The van der Waals surface area contributed by atoms with Crippen molar-refractivity contribution in [2.75, 3.05) is 5.43 Å². The van der Waals surface area contributed by atoms with E-state index < -0.39 is 0 Å². The number of halogens is 1. The Kier molecular flexibility index (Phi) is 3.46. The average molecular weight is 233 g/mol. The summed E-state index contributed by atoms with van der Waals surface area (Å²) in [5.74, 6) is 0.636. The first kappa shape index (κ1) is 10.6. The monoisotopic (exact) mass is 232 g/mol. The van der Waals surface area contributed by atoms with Crippen LogP contribution in [0.5, 0.6) is 0 Å². The molecule has 0 amide bonds. The van der Waals surface area contributed by atoms with Gasteiger partial charge in [-0.05, 0) is 24.3 Å². The molecule has 0 aliphatic carbocycles. The number of aromatic nitrogens is 2. The van der Waals surface area contributed by atoms with Crippen molar-refractivity contribution in [2.24, 2.45) is 5.10 Å². The molecule has 0 radical (unpaired) electrons. The Labute approximate surface area is 98.0 Å². The first-order valence-corrected chi connectivity index (χ1v) is 5.04. The van der Waals surface area contributed by atoms with E-state index in [1.165, 1.54) is 0 Å². The lowest BCUT2D eigenvalue weighted by Crippen LogP contribution is -1.93. The molecule has 5 heteroatoms. The van der Waals surface area contributed by atoms with Crippen LogP contribution >= 0.6 is 11.6 Å². The summed E-state index contributed by atoms with van der Waals surface area (Å²) in [6.45, 7) is 0. The van der Waals surface area contributed by atoms with Gasteiger partial charge in [0.15, 0.2) is 0 Å². The second kappa shape index (κ2) is 5.23. The fourth-order valence-corrected chi connectivity index (χ4v) is 1.17. The molecule has 0 saturated carbocycles. The zero-order valence-corrected chi connectivity index (χ0v) is 9.09. The highest BCUT2D eigenvalue weighted by Gasteiger charge is 1.91. The van der Waals surface area contributed by atoms with E-state index in [1.807, 2.05) is 18.2 Å². The molecule has 2 heterocycles. The summed E-state index contributed by atoms with van der Waals surface area (Å²) in [5.41, 5.74) is 3.56. The van der Waals surface area contributed by atoms with Crippen LogP contribution in [0.15, 0.2) is 47.8 Å². The second-order valence-electron chi connectivity index (χ2n) is 2.99. The molecule has 0 fully saturated rings. The number of pyridine rings is 2. The molecule has 0 atom stereocenters. The van der Waals surface area contributed by atoms with Gasteiger partial charge in [-0.15, -0.1) is 0 Å². The predicted molar refractivity (Wildman–Crippen MR) is 64.7 cm³/mol. The summed E-state index contributed by atoms with van der Waals surface area (Å²) in [4.78, 5) is 8.13. The normalized spacial score (nSPS) is 10.6. The van der Waals surface area contributed by atoms with E-state index in [0.29, 0.717) is 10.8 Å². The van der Waals surface area contributed by atoms with E-state index in [2.05, 4.69) is 20.5 Å². The van der Waals surface area contributed by atoms with Gasteiger partial charge in [-0.1, -0.05) is 17.7 Å². The summed E-state index contributed by atoms with van der Waals surface area (Å²) in [6.07, 6.45) is 4.89. The van der Waals surface area contributed by atoms with Crippen LogP contribution in [-0.4, -0.2) is 16.2 Å². The van der Waals surface area contributed by atoms with Gasteiger partial charge in [-0.25, -0.2) is 4.98 Å². The standard InChI is InChI=1S/C11H9ClN4/c12-9-4-5-11(14-7-9)16-15-8-10-3-1-2-6-13-10/h1-8H,(H,14,16)/b15-8+. The van der Waals surface area contributed by atoms with Gasteiger partial charge in [0.05, 0.1) is 16.9 Å². The quantitative estimate of drug-likeness (QED) is 0.654. The third-order valence-electron chi connectivity index (χ3n) is 1.79. The van der Waals surface area contributed by atoms with Crippen molar-refractivity contribution < 1.29 is 0 Å². The first-order chi connectivity index (χ1) is 7.84. The lowest BCUT2D eigenvalue weighted by atomic mass is 10.4. The van der Waals surface area contributed by atoms with Crippen LogP contribution in [0.2, 0.25) is 5.02 Å². The molecule has 0 aliphatic heterocycles. The molecule has 0 bridgehead atoms. The fourth-order valence-electron chi connectivity index (χ4n) is 1.06. The number of hydrazone groups is 1. The van der Waals surface area contributed by atoms with E-state index in [9.17, 15) is 0 Å². The zero-order valence-electron chi connectivity index (χ0n) is 8.34. The van der Waals surface area contributed by atoms with Crippen LogP contribution in [0, 0.1) is 0 Å². The Morgan fingerprint density at radius 1 is 1.19 bits per heavy atom. The fraction of sp³-hybridized carbons (Fsp3) is 0. The topological polar surface area (TPSA) is 50.2 Å². The molecule has 0 unspecified atom stereocenters. The molecule has 80 valence electrons. The largest absolute Gasteiger partial charge is 0.261 e. The van der Waals surface area contributed by atoms with E-state index in [0.717, 1.165) is 5.69 Å². The van der Waals surface area contributed by atoms with Crippen molar-refractivity contribution in [3.8, 4) is 0 Å². The van der Waals surface area contributed by atoms with Gasteiger partial charge in [0.25, 0.3) is 0 Å². The van der Waals surface area contributed by atoms with E-state index in [-0.39, 0.29) is 0 Å². The van der Waals surface area contributed by atoms with E-state index >= 15 is 0 Å². The Hall–Kier alpha value is -1.94. The Balaban J connectivity index is 1.97. The van der Waals surface area contributed by atoms with Gasteiger partial charge in [-0.2, -0.15) is 5.10 Å². The molecule has 4 nitrogen and oxygen atoms in total. The molecular weight excluding hydrogens is 224 g/mol. The van der Waals surface area contributed by atoms with E-state index in [4.69, 9.17) is 11.6 Å². The molecule has 0 aliphatic rings. The molecule has 1 N–H and O–H groups in total. The third kappa shape index (κ3) is 3.03. The number of rotatable bonds is 3. The number of anilines is 1. The molecule has 2 rings (SSSR count). The van der Waals surface area contributed by atoms with Crippen LogP contribution in [0.4, 0.5) is 5.82 Å². The van der Waals surface area contributed by atoms with Gasteiger partial charge in [0.1, 0.15) is 5.82 Å². The highest BCUT2D eigenvalue weighted by Crippen LogP contribution is 2.09. The van der Waals surface area contributed by atoms with Gasteiger partial charge in [0.2, 0.25) is 0 Å². The SMILES string of the molecule is Clc1ccc(N/N=C/c2ccccn2)nc1. The lowest BCUT2D eigenvalue weighted by Gasteiger charge is -1.97. The summed E-state index contributed by atoms with van der Waals surface area (Å²) in [7, 11) is 0. The predicted octanol–water partition coefficient (Wildman–Crippen LogP) is 2.58. The maximum absolute atomic E-state index is 5.70. The van der Waals surface area contributed by atoms with Crippen LogP contribution in [0.25, 0.3) is 0 Å². The van der Waals surface area contributed by atoms with Crippen molar-refractivity contribution >= 4 is 23.6 Å². The second-order valence-corrected chi connectivity index (χ2v) is 3.42. The maximum atomic E-state index is 5.70. The van der Waals surface area contributed by atoms with Crippen LogP contribution in [0.1, 0.15) is 5.69 Å². The minimum absolute atomic E-state index is 0.597. The smallest absolute Gasteiger partial charge is 0.146 e. The molecule has 2 aromatic rings. The lowest BCUT2D eigenvalue weighted by molar-refractivity contribution is 1.22. The highest BCUT2D eigenvalue weighted by atomic mass is 35.5. The molecular formula is C11H9ClN4. The van der Waals surface area contributed by atoms with Crippen LogP contribution < -0.4 is 5.43 Å². The van der Waals surface area contributed by atoms with Gasteiger partial charge >= 0.3 is 0 Å². The van der Waals surface area contributed by atoms with Gasteiger partial charge in [-0.3, -0.25) is 10.4 Å². The number of nitrogens with zero attached hydrogens (tertiary/aromatic N) is 3. The van der Waals surface area contributed by atoms with Crippen molar-refractivity contribution in [1.82, 2.24) is 9.97 Å². The number of hydrogen-bond acceptors (Lipinski definition) is 4. The van der Waals surface area contributed by atoms with Gasteiger partial charge < -0.3 is 0 Å². The van der Waals surface area contributed by atoms with Crippen molar-refractivity contribution in [3.05, 3.63) is 53.4 Å². The van der Waals surface area contributed by atoms with E-state index in [1.54, 1.807) is 30.7 Å². The van der Waals surface area contributed by atoms with Crippen molar-refractivity contribution in [1.29, 1.82) is 0 Å². The Bertz CT molecular complexity index is 467. The number of hydrogen-bond donors (Lipinski definition) is 1. The highest BCUT2D eigenvalue weighted by molar-refractivity contribution is 6.30. The molecule has 16 heavy (non-hydrogen) atoms. The van der Waals surface area contributed by atoms with Crippen molar-refractivity contribution in [3.63, 3.8) is 0 Å². The Morgan fingerprint density at radius 2 is 2.12 bits per heavy atom. The molecule has 0 saturated heterocycles. The molecule has 0 spiro atoms. The molecule has 2 aromatic heterocycles. The van der Waals surface area contributed by atoms with Crippen LogP contribution in [0.3, 0.4) is 0 Å². The first-order valence-electron chi connectivity index (χ1n) is 4.66. The Morgan fingerprint density at radius 3 is 2.81 bits per heavy atom. The summed E-state index contributed by atoms with van der Waals surface area (Å²) < 4.78 is 0. The summed E-state index contributed by atoms with van der Waals surface area (Å²) in [5, 5.41) is 4.59. The van der Waals surface area contributed by atoms with Gasteiger partial charge in [0, 0.05) is 12.4 Å². The third-order valence-corrected chi connectivity index (χ3v) is 2.01. The minimum Gasteiger partial charge on any atom is -0.261 e. The average Bonchev–Trinajstić information content (AvgIpc) is 2.33. The van der Waals surface area contributed by atoms with Crippen LogP contribution in [-0.2, 0) is 0 Å². The summed E-state index contributed by atoms with van der Waals surface area (Å²) in [6, 6.07) is 9.10. The number of nitrogens with one attached hydrogen (secondary N) is 1. The summed E-state index contributed by atoms with van der Waals surface area (Å²) >= 11 is 5.70.